The van der Waals surface area contributed by atoms with Crippen molar-refractivity contribution in [2.75, 3.05) is 11.9 Å². The summed E-state index contributed by atoms with van der Waals surface area (Å²) in [5.41, 5.74) is -1.19. The summed E-state index contributed by atoms with van der Waals surface area (Å²) >= 11 is 3.03. The molecular weight excluding hydrogens is 303 g/mol. The molecular formula is C13H14BrFO3. The number of alkyl halides is 1. The Morgan fingerprint density at radius 2 is 2.11 bits per heavy atom. The molecule has 1 aromatic carbocycles. The molecule has 0 amide bonds. The Kier molecular flexibility index (Phi) is 5.02. The molecule has 1 aromatic rings. The lowest BCUT2D eigenvalue weighted by molar-refractivity contribution is -0.152. The van der Waals surface area contributed by atoms with E-state index in [1.807, 2.05) is 0 Å². The summed E-state index contributed by atoms with van der Waals surface area (Å²) in [6.07, 6.45) is 0. The molecule has 0 bridgehead atoms. The van der Waals surface area contributed by atoms with Gasteiger partial charge in [-0.25, -0.2) is 4.39 Å². The number of hydrogen-bond donors (Lipinski definition) is 0. The number of ketones is 1. The summed E-state index contributed by atoms with van der Waals surface area (Å²) < 4.78 is 18.2. The van der Waals surface area contributed by atoms with Crippen molar-refractivity contribution in [2.24, 2.45) is 0 Å². The molecule has 18 heavy (non-hydrogen) atoms. The first kappa shape index (κ1) is 14.8. The first-order valence-corrected chi connectivity index (χ1v) is 6.61. The fourth-order valence-corrected chi connectivity index (χ4v) is 2.16. The zero-order chi connectivity index (χ0) is 13.8. The second kappa shape index (κ2) is 6.09. The number of esters is 1. The highest BCUT2D eigenvalue weighted by molar-refractivity contribution is 9.09. The average Bonchev–Trinajstić information content (AvgIpc) is 2.37. The standard InChI is InChI=1S/C13H14BrFO3/c1-3-18-12(17)13(2,11(16)8-14)9-5-4-6-10(15)7-9/h4-7H,3,8H2,1-2H3. The van der Waals surface area contributed by atoms with E-state index in [9.17, 15) is 14.0 Å². The number of carbonyl (C=O) groups excluding carboxylic acids is 2. The molecule has 1 atom stereocenters. The normalized spacial score (nSPS) is 13.8. The highest BCUT2D eigenvalue weighted by Gasteiger charge is 2.43. The van der Waals surface area contributed by atoms with Gasteiger partial charge < -0.3 is 4.74 Å². The number of benzene rings is 1. The molecule has 0 aliphatic heterocycles. The van der Waals surface area contributed by atoms with Crippen LogP contribution in [0.5, 0.6) is 0 Å². The zero-order valence-corrected chi connectivity index (χ0v) is 11.8. The molecule has 0 aliphatic carbocycles. The summed E-state index contributed by atoms with van der Waals surface area (Å²) in [5, 5.41) is -0.00116. The van der Waals surface area contributed by atoms with Crippen LogP contribution in [-0.2, 0) is 19.7 Å². The zero-order valence-electron chi connectivity index (χ0n) is 10.2. The van der Waals surface area contributed by atoms with Crippen molar-refractivity contribution in [3.05, 3.63) is 35.6 Å². The second-order valence-electron chi connectivity index (χ2n) is 3.91. The number of hydrogen-bond acceptors (Lipinski definition) is 3. The van der Waals surface area contributed by atoms with Gasteiger partial charge in [-0.3, -0.25) is 9.59 Å². The molecule has 3 nitrogen and oxygen atoms in total. The van der Waals surface area contributed by atoms with Crippen molar-refractivity contribution in [3.8, 4) is 0 Å². The molecule has 0 aliphatic rings. The van der Waals surface area contributed by atoms with E-state index in [0.717, 1.165) is 0 Å². The maximum Gasteiger partial charge on any atom is 0.323 e. The minimum atomic E-state index is -1.48. The van der Waals surface area contributed by atoms with Crippen LogP contribution >= 0.6 is 15.9 Å². The van der Waals surface area contributed by atoms with E-state index in [0.29, 0.717) is 5.56 Å². The minimum Gasteiger partial charge on any atom is -0.465 e. The van der Waals surface area contributed by atoms with Gasteiger partial charge in [-0.05, 0) is 31.5 Å². The molecule has 0 saturated heterocycles. The lowest BCUT2D eigenvalue weighted by Gasteiger charge is -2.25. The molecule has 0 fully saturated rings. The third-order valence-electron chi connectivity index (χ3n) is 2.76. The van der Waals surface area contributed by atoms with E-state index < -0.39 is 17.2 Å². The molecule has 0 heterocycles. The summed E-state index contributed by atoms with van der Waals surface area (Å²) in [6, 6.07) is 5.44. The number of rotatable bonds is 5. The lowest BCUT2D eigenvalue weighted by Crippen LogP contribution is -2.43. The Bertz CT molecular complexity index is 461. The lowest BCUT2D eigenvalue weighted by atomic mass is 9.79. The summed E-state index contributed by atoms with van der Waals surface area (Å²) in [6.45, 7) is 3.27. The maximum absolute atomic E-state index is 13.2. The van der Waals surface area contributed by atoms with Gasteiger partial charge in [-0.1, -0.05) is 28.1 Å². The molecule has 1 unspecified atom stereocenters. The van der Waals surface area contributed by atoms with Gasteiger partial charge in [0, 0.05) is 0 Å². The number of carbonyl (C=O) groups is 2. The van der Waals surface area contributed by atoms with Gasteiger partial charge >= 0.3 is 5.97 Å². The van der Waals surface area contributed by atoms with Crippen molar-refractivity contribution in [1.82, 2.24) is 0 Å². The van der Waals surface area contributed by atoms with Crippen molar-refractivity contribution < 1.29 is 18.7 Å². The van der Waals surface area contributed by atoms with Crippen LogP contribution in [0.1, 0.15) is 19.4 Å². The first-order chi connectivity index (χ1) is 8.46. The SMILES string of the molecule is CCOC(=O)C(C)(C(=O)CBr)c1cccc(F)c1. The predicted octanol–water partition coefficient (Wildman–Crippen LogP) is 2.61. The highest BCUT2D eigenvalue weighted by atomic mass is 79.9. The van der Waals surface area contributed by atoms with Crippen molar-refractivity contribution in [2.45, 2.75) is 19.3 Å². The first-order valence-electron chi connectivity index (χ1n) is 5.49. The number of ether oxygens (including phenoxy) is 1. The van der Waals surface area contributed by atoms with Crippen LogP contribution in [0, 0.1) is 5.82 Å². The molecule has 98 valence electrons. The highest BCUT2D eigenvalue weighted by Crippen LogP contribution is 2.28. The summed E-state index contributed by atoms with van der Waals surface area (Å²) in [4.78, 5) is 24.0. The summed E-state index contributed by atoms with van der Waals surface area (Å²) in [7, 11) is 0. The Morgan fingerprint density at radius 1 is 1.44 bits per heavy atom. The second-order valence-corrected chi connectivity index (χ2v) is 4.47. The van der Waals surface area contributed by atoms with E-state index in [-0.39, 0.29) is 17.7 Å². The fourth-order valence-electron chi connectivity index (χ4n) is 1.60. The van der Waals surface area contributed by atoms with Gasteiger partial charge in [0.1, 0.15) is 11.2 Å². The van der Waals surface area contributed by atoms with Crippen molar-refractivity contribution in [1.29, 1.82) is 0 Å². The number of halogens is 2. The van der Waals surface area contributed by atoms with Crippen LogP contribution in [-0.4, -0.2) is 23.7 Å². The smallest absolute Gasteiger partial charge is 0.323 e. The predicted molar refractivity (Wildman–Crippen MR) is 69.2 cm³/mol. The number of Topliss-reactive ketones (excluding diaryl/α,β-unsaturated/α-hetero) is 1. The van der Waals surface area contributed by atoms with Crippen LogP contribution in [0.25, 0.3) is 0 Å². The van der Waals surface area contributed by atoms with Gasteiger partial charge in [0.25, 0.3) is 0 Å². The van der Waals surface area contributed by atoms with E-state index in [2.05, 4.69) is 15.9 Å². The molecule has 0 spiro atoms. The van der Waals surface area contributed by atoms with Crippen LogP contribution < -0.4 is 0 Å². The van der Waals surface area contributed by atoms with Crippen molar-refractivity contribution >= 4 is 27.7 Å². The van der Waals surface area contributed by atoms with E-state index >= 15 is 0 Å². The molecule has 0 radical (unpaired) electrons. The van der Waals surface area contributed by atoms with Gasteiger partial charge in [0.15, 0.2) is 5.78 Å². The van der Waals surface area contributed by atoms with Crippen LogP contribution in [0.2, 0.25) is 0 Å². The van der Waals surface area contributed by atoms with Gasteiger partial charge in [-0.15, -0.1) is 0 Å². The van der Waals surface area contributed by atoms with Crippen LogP contribution in [0.4, 0.5) is 4.39 Å². The van der Waals surface area contributed by atoms with E-state index in [1.54, 1.807) is 13.0 Å². The Balaban J connectivity index is 3.28. The Labute approximate surface area is 113 Å². The fraction of sp³-hybridized carbons (Fsp3) is 0.385. The van der Waals surface area contributed by atoms with Gasteiger partial charge in [0.05, 0.1) is 11.9 Å². The van der Waals surface area contributed by atoms with E-state index in [4.69, 9.17) is 4.74 Å². The third-order valence-corrected chi connectivity index (χ3v) is 3.27. The van der Waals surface area contributed by atoms with Crippen LogP contribution in [0.15, 0.2) is 24.3 Å². The minimum absolute atomic E-state index is 0.00116. The molecule has 0 saturated carbocycles. The Hall–Kier alpha value is -1.23. The monoisotopic (exact) mass is 316 g/mol. The Morgan fingerprint density at radius 3 is 2.61 bits per heavy atom. The quantitative estimate of drug-likeness (QED) is 0.476. The largest absolute Gasteiger partial charge is 0.465 e. The molecule has 0 aromatic heterocycles. The average molecular weight is 317 g/mol. The molecule has 0 N–H and O–H groups in total. The maximum atomic E-state index is 13.2. The van der Waals surface area contributed by atoms with Gasteiger partial charge in [-0.2, -0.15) is 0 Å². The third kappa shape index (κ3) is 2.77. The van der Waals surface area contributed by atoms with Gasteiger partial charge in [0.2, 0.25) is 0 Å². The molecule has 1 rings (SSSR count). The van der Waals surface area contributed by atoms with Crippen LogP contribution in [0.3, 0.4) is 0 Å². The summed E-state index contributed by atoms with van der Waals surface area (Å²) in [5.74, 6) is -1.53. The van der Waals surface area contributed by atoms with Crippen molar-refractivity contribution in [3.63, 3.8) is 0 Å². The topological polar surface area (TPSA) is 43.4 Å². The van der Waals surface area contributed by atoms with E-state index in [1.165, 1.54) is 25.1 Å². The molecule has 5 heteroatoms.